The van der Waals surface area contributed by atoms with Gasteiger partial charge in [-0.15, -0.1) is 5.10 Å². The van der Waals surface area contributed by atoms with E-state index in [0.29, 0.717) is 0 Å². The van der Waals surface area contributed by atoms with Crippen molar-refractivity contribution in [2.45, 2.75) is 0 Å². The van der Waals surface area contributed by atoms with E-state index in [1.54, 1.807) is 6.07 Å². The lowest BCUT2D eigenvalue weighted by Crippen LogP contribution is -2.02. The molecule has 0 saturated carbocycles. The Labute approximate surface area is 110 Å². The molecule has 3 rings (SSSR count). The van der Waals surface area contributed by atoms with Crippen LogP contribution in [0.1, 0.15) is 0 Å². The SMILES string of the molecule is Nc1ncn2nc(-c3ccccc3F)nc2c1[N+](=O)[O-]. The minimum atomic E-state index is -0.697. The molecule has 9 heteroatoms. The molecule has 2 aromatic heterocycles. The Morgan fingerprint density at radius 2 is 2.10 bits per heavy atom. The summed E-state index contributed by atoms with van der Waals surface area (Å²) >= 11 is 0. The van der Waals surface area contributed by atoms with Crippen molar-refractivity contribution in [3.63, 3.8) is 0 Å². The maximum atomic E-state index is 13.7. The first kappa shape index (κ1) is 12.0. The molecular weight excluding hydrogens is 267 g/mol. The van der Waals surface area contributed by atoms with E-state index in [2.05, 4.69) is 15.1 Å². The molecule has 0 atom stereocenters. The highest BCUT2D eigenvalue weighted by molar-refractivity contribution is 5.72. The second-order valence-electron chi connectivity index (χ2n) is 3.92. The van der Waals surface area contributed by atoms with Gasteiger partial charge in [0.1, 0.15) is 12.1 Å². The van der Waals surface area contributed by atoms with Gasteiger partial charge in [-0.3, -0.25) is 10.1 Å². The van der Waals surface area contributed by atoms with Gasteiger partial charge in [0.05, 0.1) is 10.5 Å². The maximum Gasteiger partial charge on any atom is 0.355 e. The summed E-state index contributed by atoms with van der Waals surface area (Å²) in [7, 11) is 0. The van der Waals surface area contributed by atoms with E-state index in [-0.39, 0.29) is 22.9 Å². The summed E-state index contributed by atoms with van der Waals surface area (Å²) in [5.41, 5.74) is 5.06. The van der Waals surface area contributed by atoms with E-state index in [1.807, 2.05) is 0 Å². The molecule has 0 unspecified atom stereocenters. The minimum Gasteiger partial charge on any atom is -0.378 e. The van der Waals surface area contributed by atoms with Crippen LogP contribution < -0.4 is 5.73 Å². The second-order valence-corrected chi connectivity index (χ2v) is 3.92. The molecular formula is C11H7FN6O2. The van der Waals surface area contributed by atoms with Gasteiger partial charge < -0.3 is 5.73 Å². The van der Waals surface area contributed by atoms with Crippen molar-refractivity contribution in [1.82, 2.24) is 19.6 Å². The summed E-state index contributed by atoms with van der Waals surface area (Å²) in [6.07, 6.45) is 1.19. The smallest absolute Gasteiger partial charge is 0.355 e. The van der Waals surface area contributed by atoms with Crippen LogP contribution in [0.15, 0.2) is 30.6 Å². The van der Waals surface area contributed by atoms with Crippen molar-refractivity contribution >= 4 is 17.2 Å². The number of nitrogens with zero attached hydrogens (tertiary/aromatic N) is 5. The monoisotopic (exact) mass is 274 g/mol. The first-order valence-electron chi connectivity index (χ1n) is 5.48. The third-order valence-electron chi connectivity index (χ3n) is 2.69. The van der Waals surface area contributed by atoms with Crippen LogP contribution in [-0.4, -0.2) is 24.5 Å². The zero-order valence-corrected chi connectivity index (χ0v) is 9.89. The van der Waals surface area contributed by atoms with E-state index in [4.69, 9.17) is 5.73 Å². The second kappa shape index (κ2) is 4.23. The maximum absolute atomic E-state index is 13.7. The number of nitrogens with two attached hydrogens (primary N) is 1. The zero-order valence-electron chi connectivity index (χ0n) is 9.89. The van der Waals surface area contributed by atoms with Gasteiger partial charge >= 0.3 is 5.69 Å². The van der Waals surface area contributed by atoms with Gasteiger partial charge in [-0.05, 0) is 12.1 Å². The molecule has 0 amide bonds. The number of hydrogen-bond acceptors (Lipinski definition) is 6. The first-order valence-corrected chi connectivity index (χ1v) is 5.48. The highest BCUT2D eigenvalue weighted by Crippen LogP contribution is 2.26. The van der Waals surface area contributed by atoms with Crippen molar-refractivity contribution in [2.24, 2.45) is 0 Å². The molecule has 0 aliphatic carbocycles. The summed E-state index contributed by atoms with van der Waals surface area (Å²) in [5, 5.41) is 14.9. The number of halogens is 1. The molecule has 2 heterocycles. The van der Waals surface area contributed by atoms with E-state index < -0.39 is 16.4 Å². The number of aromatic nitrogens is 4. The number of fused-ring (bicyclic) bond motifs is 1. The van der Waals surface area contributed by atoms with Gasteiger partial charge in [0, 0.05) is 0 Å². The summed E-state index contributed by atoms with van der Waals surface area (Å²) in [6, 6.07) is 5.87. The quantitative estimate of drug-likeness (QED) is 0.558. The molecule has 0 bridgehead atoms. The molecule has 100 valence electrons. The predicted molar refractivity (Wildman–Crippen MR) is 67.2 cm³/mol. The molecule has 0 fully saturated rings. The Morgan fingerprint density at radius 3 is 2.80 bits per heavy atom. The average Bonchev–Trinajstić information content (AvgIpc) is 2.82. The largest absolute Gasteiger partial charge is 0.378 e. The number of nitro groups is 1. The van der Waals surface area contributed by atoms with Crippen LogP contribution in [0.2, 0.25) is 0 Å². The van der Waals surface area contributed by atoms with Gasteiger partial charge in [0.2, 0.25) is 11.5 Å². The number of hydrogen-bond donors (Lipinski definition) is 1. The fourth-order valence-corrected chi connectivity index (χ4v) is 1.79. The lowest BCUT2D eigenvalue weighted by Gasteiger charge is -1.95. The number of nitrogen functional groups attached to an aromatic ring is 1. The van der Waals surface area contributed by atoms with Crippen LogP contribution in [-0.2, 0) is 0 Å². The fraction of sp³-hybridized carbons (Fsp3) is 0. The molecule has 0 aliphatic heterocycles. The van der Waals surface area contributed by atoms with E-state index in [9.17, 15) is 14.5 Å². The number of anilines is 1. The Morgan fingerprint density at radius 1 is 1.35 bits per heavy atom. The molecule has 0 aliphatic rings. The van der Waals surface area contributed by atoms with Gasteiger partial charge in [0.25, 0.3) is 0 Å². The molecule has 0 spiro atoms. The standard InChI is InChI=1S/C11H7FN6O2/c12-7-4-2-1-3-6(7)10-15-11-8(18(19)20)9(13)14-5-17(11)16-10/h1-5H,13H2. The third kappa shape index (κ3) is 1.72. The van der Waals surface area contributed by atoms with Gasteiger partial charge in [-0.25, -0.2) is 14.4 Å². The number of benzene rings is 1. The third-order valence-corrected chi connectivity index (χ3v) is 2.69. The lowest BCUT2D eigenvalue weighted by atomic mass is 10.2. The Balaban J connectivity index is 2.29. The first-order chi connectivity index (χ1) is 9.58. The molecule has 0 saturated heterocycles. The molecule has 3 aromatic rings. The van der Waals surface area contributed by atoms with Crippen LogP contribution in [0.3, 0.4) is 0 Å². The Kier molecular flexibility index (Phi) is 2.53. The molecule has 0 radical (unpaired) electrons. The van der Waals surface area contributed by atoms with Crippen LogP contribution >= 0.6 is 0 Å². The van der Waals surface area contributed by atoms with Gasteiger partial charge in [-0.1, -0.05) is 12.1 Å². The Bertz CT molecular complexity index is 831. The Hall–Kier alpha value is -3.10. The highest BCUT2D eigenvalue weighted by atomic mass is 19.1. The molecule has 2 N–H and O–H groups in total. The van der Waals surface area contributed by atoms with Crippen molar-refractivity contribution in [2.75, 3.05) is 5.73 Å². The molecule has 20 heavy (non-hydrogen) atoms. The zero-order chi connectivity index (χ0) is 14.3. The van der Waals surface area contributed by atoms with E-state index in [0.717, 1.165) is 4.52 Å². The minimum absolute atomic E-state index is 0.0265. The lowest BCUT2D eigenvalue weighted by molar-refractivity contribution is -0.382. The summed E-state index contributed by atoms with van der Waals surface area (Å²) < 4.78 is 14.8. The van der Waals surface area contributed by atoms with Crippen LogP contribution in [0.4, 0.5) is 15.9 Å². The summed E-state index contributed by atoms with van der Waals surface area (Å²) in [6.45, 7) is 0. The van der Waals surface area contributed by atoms with Crippen LogP contribution in [0, 0.1) is 15.9 Å². The topological polar surface area (TPSA) is 112 Å². The van der Waals surface area contributed by atoms with E-state index >= 15 is 0 Å². The van der Waals surface area contributed by atoms with E-state index in [1.165, 1.54) is 24.5 Å². The van der Waals surface area contributed by atoms with Crippen molar-refractivity contribution < 1.29 is 9.31 Å². The van der Waals surface area contributed by atoms with Gasteiger partial charge in [-0.2, -0.15) is 4.52 Å². The molecule has 1 aromatic carbocycles. The van der Waals surface area contributed by atoms with Crippen molar-refractivity contribution in [3.8, 4) is 11.4 Å². The van der Waals surface area contributed by atoms with Crippen LogP contribution in [0.25, 0.3) is 17.0 Å². The molecule has 8 nitrogen and oxygen atoms in total. The predicted octanol–water partition coefficient (Wildman–Crippen LogP) is 1.42. The van der Waals surface area contributed by atoms with Crippen LogP contribution in [0.5, 0.6) is 0 Å². The highest BCUT2D eigenvalue weighted by Gasteiger charge is 2.23. The summed E-state index contributed by atoms with van der Waals surface area (Å²) in [4.78, 5) is 17.9. The fourth-order valence-electron chi connectivity index (χ4n) is 1.79. The summed E-state index contributed by atoms with van der Waals surface area (Å²) in [5.74, 6) is -0.763. The number of rotatable bonds is 2. The van der Waals surface area contributed by atoms with Crippen molar-refractivity contribution in [1.29, 1.82) is 0 Å². The normalized spacial score (nSPS) is 10.8. The average molecular weight is 274 g/mol. The van der Waals surface area contributed by atoms with Crippen molar-refractivity contribution in [3.05, 3.63) is 46.5 Å². The van der Waals surface area contributed by atoms with Gasteiger partial charge in [0.15, 0.2) is 5.82 Å².